The molecule has 1 aliphatic heterocycles. The lowest BCUT2D eigenvalue weighted by Crippen LogP contribution is -2.26. The first kappa shape index (κ1) is 27.4. The van der Waals surface area contributed by atoms with Crippen molar-refractivity contribution in [3.63, 3.8) is 0 Å². The molecule has 1 amide bonds. The quantitative estimate of drug-likeness (QED) is 0.381. The largest absolute Gasteiger partial charge is 0.573 e. The van der Waals surface area contributed by atoms with Crippen LogP contribution in [-0.4, -0.2) is 44.2 Å². The third-order valence-corrected chi connectivity index (χ3v) is 5.76. The van der Waals surface area contributed by atoms with Gasteiger partial charge in [-0.25, -0.2) is 9.59 Å². The Bertz CT molecular complexity index is 1240. The van der Waals surface area contributed by atoms with Gasteiger partial charge in [-0.15, -0.1) is 24.9 Å². The average molecular weight is 535 g/mol. The highest BCUT2D eigenvalue weighted by molar-refractivity contribution is 8.00. The summed E-state index contributed by atoms with van der Waals surface area (Å²) in [5.74, 6) is -2.15. The highest BCUT2D eigenvalue weighted by Gasteiger charge is 2.31. The fourth-order valence-electron chi connectivity index (χ4n) is 3.15. The number of thioether (sulfide) groups is 1. The molecule has 0 unspecified atom stereocenters. The van der Waals surface area contributed by atoms with Crippen molar-refractivity contribution in [3.8, 4) is 5.75 Å². The van der Waals surface area contributed by atoms with Crippen LogP contribution in [0, 0.1) is 0 Å². The summed E-state index contributed by atoms with van der Waals surface area (Å²) in [5, 5.41) is 2.60. The number of benzene rings is 2. The molecule has 0 aromatic heterocycles. The van der Waals surface area contributed by atoms with Gasteiger partial charge in [-0.1, -0.05) is 6.08 Å². The van der Waals surface area contributed by atoms with E-state index in [0.29, 0.717) is 11.4 Å². The van der Waals surface area contributed by atoms with E-state index >= 15 is 0 Å². The number of anilines is 2. The van der Waals surface area contributed by atoms with Crippen LogP contribution < -0.4 is 15.0 Å². The number of hydrogen-bond donors (Lipinski definition) is 1. The normalized spacial score (nSPS) is 13.2. The molecule has 0 saturated heterocycles. The molecule has 37 heavy (non-hydrogen) atoms. The summed E-state index contributed by atoms with van der Waals surface area (Å²) >= 11 is 1.23. The number of alkyl halides is 3. The Balaban J connectivity index is 1.66. The number of carbonyl (C=O) groups excluding carboxylic acids is 3. The van der Waals surface area contributed by atoms with Crippen LogP contribution in [0.5, 0.6) is 5.75 Å². The number of nitrogens with one attached hydrogen (secondary N) is 1. The van der Waals surface area contributed by atoms with Gasteiger partial charge < -0.3 is 24.4 Å². The summed E-state index contributed by atoms with van der Waals surface area (Å²) in [4.78, 5) is 39.2. The first-order valence-electron chi connectivity index (χ1n) is 10.5. The van der Waals surface area contributed by atoms with Gasteiger partial charge in [-0.2, -0.15) is 0 Å². The van der Waals surface area contributed by atoms with E-state index in [0.717, 1.165) is 17.0 Å². The van der Waals surface area contributed by atoms with Crippen molar-refractivity contribution in [1.82, 2.24) is 0 Å². The van der Waals surface area contributed by atoms with Crippen LogP contribution in [0.3, 0.4) is 0 Å². The number of allylic oxidation sites excluding steroid dienone is 2. The fourth-order valence-corrected chi connectivity index (χ4v) is 3.85. The van der Waals surface area contributed by atoms with E-state index in [1.54, 1.807) is 42.6 Å². The molecular weight excluding hydrogens is 513 g/mol. The van der Waals surface area contributed by atoms with Crippen LogP contribution in [0.15, 0.2) is 89.1 Å². The number of methoxy groups -OCH3 is 2. The van der Waals surface area contributed by atoms with E-state index < -0.39 is 18.3 Å². The first-order chi connectivity index (χ1) is 17.6. The Hall–Kier alpha value is -4.19. The molecule has 0 radical (unpaired) electrons. The minimum absolute atomic E-state index is 0.0208. The number of rotatable bonds is 8. The Morgan fingerprint density at radius 3 is 2.16 bits per heavy atom. The maximum atomic E-state index is 12.5. The van der Waals surface area contributed by atoms with Crippen molar-refractivity contribution in [1.29, 1.82) is 0 Å². The topological polar surface area (TPSA) is 94.2 Å². The molecule has 1 aliphatic rings. The molecule has 0 aliphatic carbocycles. The zero-order valence-electron chi connectivity index (χ0n) is 19.6. The monoisotopic (exact) mass is 534 g/mol. The maximum Gasteiger partial charge on any atom is 0.573 e. The van der Waals surface area contributed by atoms with Crippen LogP contribution >= 0.6 is 11.8 Å². The van der Waals surface area contributed by atoms with Gasteiger partial charge in [0.15, 0.2) is 0 Å². The second kappa shape index (κ2) is 12.2. The van der Waals surface area contributed by atoms with Gasteiger partial charge >= 0.3 is 18.3 Å². The molecule has 1 heterocycles. The average Bonchev–Trinajstić information content (AvgIpc) is 3.10. The van der Waals surface area contributed by atoms with Crippen LogP contribution in [0.1, 0.15) is 0 Å². The summed E-state index contributed by atoms with van der Waals surface area (Å²) in [6, 6.07) is 11.7. The number of halogens is 3. The fraction of sp³-hybridized carbons (Fsp3) is 0.160. The van der Waals surface area contributed by atoms with Crippen molar-refractivity contribution in [2.75, 3.05) is 30.2 Å². The Labute approximate surface area is 214 Å². The minimum Gasteiger partial charge on any atom is -0.465 e. The molecule has 2 aromatic rings. The number of amides is 1. The van der Waals surface area contributed by atoms with Gasteiger partial charge in [-0.05, 0) is 60.7 Å². The second-order valence-electron chi connectivity index (χ2n) is 7.22. The van der Waals surface area contributed by atoms with Gasteiger partial charge in [0.25, 0.3) is 0 Å². The number of nitrogens with zero attached hydrogens (tertiary/aromatic N) is 1. The van der Waals surface area contributed by atoms with Gasteiger partial charge in [0.2, 0.25) is 5.91 Å². The minimum atomic E-state index is -4.79. The van der Waals surface area contributed by atoms with Crippen molar-refractivity contribution in [3.05, 3.63) is 84.2 Å². The summed E-state index contributed by atoms with van der Waals surface area (Å²) in [6.07, 6.45) is 1.49. The molecule has 0 bridgehead atoms. The molecule has 0 atom stereocenters. The lowest BCUT2D eigenvalue weighted by molar-refractivity contribution is -0.274. The summed E-state index contributed by atoms with van der Waals surface area (Å²) < 4.78 is 50.2. The van der Waals surface area contributed by atoms with E-state index in [1.807, 2.05) is 0 Å². The molecule has 12 heteroatoms. The van der Waals surface area contributed by atoms with E-state index in [9.17, 15) is 27.6 Å². The molecule has 194 valence electrons. The molecule has 2 aromatic carbocycles. The predicted molar refractivity (Wildman–Crippen MR) is 131 cm³/mol. The smallest absolute Gasteiger partial charge is 0.465 e. The Morgan fingerprint density at radius 2 is 1.57 bits per heavy atom. The van der Waals surface area contributed by atoms with Crippen molar-refractivity contribution in [2.45, 2.75) is 11.3 Å². The van der Waals surface area contributed by atoms with Crippen molar-refractivity contribution < 1.29 is 41.8 Å². The maximum absolute atomic E-state index is 12.5. The predicted octanol–water partition coefficient (Wildman–Crippen LogP) is 4.81. The molecular formula is C25H21F3N2O6S. The van der Waals surface area contributed by atoms with Gasteiger partial charge in [0.1, 0.15) is 11.4 Å². The van der Waals surface area contributed by atoms with Crippen molar-refractivity contribution >= 4 is 41.0 Å². The van der Waals surface area contributed by atoms with E-state index in [4.69, 9.17) is 9.47 Å². The lowest BCUT2D eigenvalue weighted by Gasteiger charge is -2.23. The van der Waals surface area contributed by atoms with Crippen LogP contribution in [-0.2, 0) is 23.9 Å². The van der Waals surface area contributed by atoms with E-state index in [1.165, 1.54) is 49.1 Å². The molecule has 3 rings (SSSR count). The zero-order valence-corrected chi connectivity index (χ0v) is 20.4. The number of carbonyl (C=O) groups is 3. The number of hydrogen-bond acceptors (Lipinski definition) is 8. The van der Waals surface area contributed by atoms with E-state index in [2.05, 4.69) is 10.1 Å². The van der Waals surface area contributed by atoms with Crippen LogP contribution in [0.2, 0.25) is 0 Å². The highest BCUT2D eigenvalue weighted by Crippen LogP contribution is 2.29. The Kier molecular flexibility index (Phi) is 9.01. The van der Waals surface area contributed by atoms with Gasteiger partial charge in [0, 0.05) is 22.5 Å². The van der Waals surface area contributed by atoms with E-state index in [-0.39, 0.29) is 28.7 Å². The number of ether oxygens (including phenoxy) is 3. The Morgan fingerprint density at radius 1 is 0.919 bits per heavy atom. The van der Waals surface area contributed by atoms with Crippen molar-refractivity contribution in [2.24, 2.45) is 0 Å². The van der Waals surface area contributed by atoms with Gasteiger partial charge in [0.05, 0.1) is 25.5 Å². The SMILES string of the molecule is COC(=O)C1=C(C(=O)OC)N(c2ccc(SCC(=O)Nc3ccc(OC(F)(F)F)cc3)cc2)C=CC=C1. The summed E-state index contributed by atoms with van der Waals surface area (Å²) in [6.45, 7) is 0. The molecule has 0 fully saturated rings. The first-order valence-corrected chi connectivity index (χ1v) is 11.5. The second-order valence-corrected chi connectivity index (χ2v) is 8.27. The molecule has 0 spiro atoms. The highest BCUT2D eigenvalue weighted by atomic mass is 32.2. The third kappa shape index (κ3) is 7.64. The molecule has 0 saturated carbocycles. The summed E-state index contributed by atoms with van der Waals surface area (Å²) in [5.41, 5.74) is 0.871. The molecule has 8 nitrogen and oxygen atoms in total. The zero-order chi connectivity index (χ0) is 27.0. The van der Waals surface area contributed by atoms with Gasteiger partial charge in [-0.3, -0.25) is 4.79 Å². The number of esters is 2. The summed E-state index contributed by atoms with van der Waals surface area (Å²) in [7, 11) is 2.41. The lowest BCUT2D eigenvalue weighted by atomic mass is 10.1. The standard InChI is InChI=1S/C25H21F3N2O6S/c1-34-23(32)20-5-3-4-14-30(22(20)24(33)35-2)17-8-12-19(13-9-17)37-15-21(31)29-16-6-10-18(11-7-16)36-25(26,27)28/h3-14H,15H2,1-2H3,(H,29,31). The van der Waals surface area contributed by atoms with Crippen LogP contribution in [0.4, 0.5) is 24.5 Å². The molecule has 1 N–H and O–H groups in total. The van der Waals surface area contributed by atoms with Crippen LogP contribution in [0.25, 0.3) is 0 Å². The third-order valence-electron chi connectivity index (χ3n) is 4.75.